The molecule has 0 aliphatic carbocycles. The molecule has 0 amide bonds. The molecule has 0 saturated heterocycles. The smallest absolute Gasteiger partial charge is 0.340 e. The molecule has 1 heterocycles. The lowest BCUT2D eigenvalue weighted by Gasteiger charge is -2.14. The van der Waals surface area contributed by atoms with Crippen molar-refractivity contribution in [2.24, 2.45) is 0 Å². The molecule has 5 heteroatoms. The summed E-state index contributed by atoms with van der Waals surface area (Å²) in [4.78, 5) is 13.2. The first-order valence-corrected chi connectivity index (χ1v) is 11.9. The molecule has 0 spiro atoms. The van der Waals surface area contributed by atoms with Crippen LogP contribution in [0.3, 0.4) is 0 Å². The van der Waals surface area contributed by atoms with Crippen LogP contribution in [-0.4, -0.2) is 22.2 Å². The number of carbonyl (C=O) groups is 1. The first-order chi connectivity index (χ1) is 17.0. The number of phenols is 1. The Morgan fingerprint density at radius 3 is 2.34 bits per heavy atom. The third-order valence-electron chi connectivity index (χ3n) is 6.02. The molecule has 0 aliphatic heterocycles. The van der Waals surface area contributed by atoms with Crippen LogP contribution in [0.15, 0.2) is 97.1 Å². The number of aromatic hydroxyl groups is 1. The zero-order chi connectivity index (χ0) is 24.4. The van der Waals surface area contributed by atoms with Crippen LogP contribution in [0.2, 0.25) is 5.02 Å². The SMILES string of the molecule is CCOC(=O)c1c(Cc2cccc(Cl)c2)n(-c2ccc(-c3ccccc3)cc2)c2ccc(O)cc12. The van der Waals surface area contributed by atoms with E-state index >= 15 is 0 Å². The standard InChI is InChI=1S/C30H24ClNO3/c1-2-35-30(34)29-26-19-25(33)15-16-27(26)32(28(29)18-20-7-6-10-23(31)17-20)24-13-11-22(12-14-24)21-8-4-3-5-9-21/h3-17,19,33H,2,18H2,1H3. The molecule has 35 heavy (non-hydrogen) atoms. The van der Waals surface area contributed by atoms with E-state index < -0.39 is 5.97 Å². The van der Waals surface area contributed by atoms with Crippen molar-refractivity contribution < 1.29 is 14.6 Å². The molecule has 0 unspecified atom stereocenters. The summed E-state index contributed by atoms with van der Waals surface area (Å²) in [5, 5.41) is 11.5. The van der Waals surface area contributed by atoms with E-state index in [1.54, 1.807) is 19.1 Å². The molecule has 0 fully saturated rings. The zero-order valence-electron chi connectivity index (χ0n) is 19.2. The summed E-state index contributed by atoms with van der Waals surface area (Å²) in [6.07, 6.45) is 0.463. The minimum absolute atomic E-state index is 0.0916. The van der Waals surface area contributed by atoms with E-state index in [1.807, 2.05) is 60.7 Å². The maximum absolute atomic E-state index is 13.2. The fourth-order valence-corrected chi connectivity index (χ4v) is 4.71. The first kappa shape index (κ1) is 22.8. The van der Waals surface area contributed by atoms with Crippen molar-refractivity contribution in [2.75, 3.05) is 6.61 Å². The molecule has 1 aromatic heterocycles. The maximum Gasteiger partial charge on any atom is 0.340 e. The molecule has 5 rings (SSSR count). The molecule has 0 atom stereocenters. The maximum atomic E-state index is 13.2. The summed E-state index contributed by atoms with van der Waals surface area (Å²) < 4.78 is 7.51. The van der Waals surface area contributed by atoms with E-state index in [4.69, 9.17) is 16.3 Å². The highest BCUT2D eigenvalue weighted by molar-refractivity contribution is 6.30. The Bertz CT molecular complexity index is 1500. The minimum atomic E-state index is -0.417. The molecule has 4 nitrogen and oxygen atoms in total. The Labute approximate surface area is 209 Å². The highest BCUT2D eigenvalue weighted by Gasteiger charge is 2.25. The number of rotatable bonds is 6. The van der Waals surface area contributed by atoms with Crippen LogP contribution < -0.4 is 0 Å². The van der Waals surface area contributed by atoms with Crippen LogP contribution in [-0.2, 0) is 11.2 Å². The van der Waals surface area contributed by atoms with Gasteiger partial charge in [0.05, 0.1) is 17.7 Å². The largest absolute Gasteiger partial charge is 0.508 e. The zero-order valence-corrected chi connectivity index (χ0v) is 20.0. The Hall–Kier alpha value is -4.02. The van der Waals surface area contributed by atoms with Gasteiger partial charge < -0.3 is 14.4 Å². The number of hydrogen-bond acceptors (Lipinski definition) is 3. The number of nitrogens with zero attached hydrogens (tertiary/aromatic N) is 1. The number of benzene rings is 4. The number of carbonyl (C=O) groups excluding carboxylic acids is 1. The molecule has 174 valence electrons. The Morgan fingerprint density at radius 2 is 1.63 bits per heavy atom. The van der Waals surface area contributed by atoms with Crippen molar-refractivity contribution >= 4 is 28.5 Å². The van der Waals surface area contributed by atoms with E-state index in [0.717, 1.165) is 33.6 Å². The lowest BCUT2D eigenvalue weighted by atomic mass is 10.0. The summed E-state index contributed by atoms with van der Waals surface area (Å²) >= 11 is 6.26. The van der Waals surface area contributed by atoms with Gasteiger partial charge in [-0.15, -0.1) is 0 Å². The molecular formula is C30H24ClNO3. The van der Waals surface area contributed by atoms with Crippen LogP contribution in [0.1, 0.15) is 28.5 Å². The summed E-state index contributed by atoms with van der Waals surface area (Å²) in [7, 11) is 0. The Balaban J connectivity index is 1.73. The predicted octanol–water partition coefficient (Wildman–Crippen LogP) is 7.42. The predicted molar refractivity (Wildman–Crippen MR) is 141 cm³/mol. The monoisotopic (exact) mass is 481 g/mol. The average molecular weight is 482 g/mol. The Morgan fingerprint density at radius 1 is 0.886 bits per heavy atom. The number of ether oxygens (including phenoxy) is 1. The second-order valence-corrected chi connectivity index (χ2v) is 8.74. The van der Waals surface area contributed by atoms with Gasteiger partial charge in [0.2, 0.25) is 0 Å². The normalized spacial score (nSPS) is 11.0. The quantitative estimate of drug-likeness (QED) is 0.257. The van der Waals surface area contributed by atoms with Crippen molar-refractivity contribution in [2.45, 2.75) is 13.3 Å². The second-order valence-electron chi connectivity index (χ2n) is 8.30. The van der Waals surface area contributed by atoms with E-state index in [9.17, 15) is 9.90 Å². The van der Waals surface area contributed by atoms with Crippen molar-refractivity contribution in [3.8, 4) is 22.6 Å². The summed E-state index contributed by atoms with van der Waals surface area (Å²) in [5.41, 5.74) is 6.15. The van der Waals surface area contributed by atoms with Crippen LogP contribution >= 0.6 is 11.6 Å². The van der Waals surface area contributed by atoms with Gasteiger partial charge in [-0.05, 0) is 66.1 Å². The van der Waals surface area contributed by atoms with Crippen LogP contribution in [0.25, 0.3) is 27.7 Å². The van der Waals surface area contributed by atoms with Gasteiger partial charge in [0, 0.05) is 28.2 Å². The molecule has 0 saturated carbocycles. The van der Waals surface area contributed by atoms with Crippen LogP contribution in [0.5, 0.6) is 5.75 Å². The lowest BCUT2D eigenvalue weighted by Crippen LogP contribution is -2.10. The summed E-state index contributed by atoms with van der Waals surface area (Å²) in [5.74, 6) is -0.325. The number of hydrogen-bond donors (Lipinski definition) is 1. The van der Waals surface area contributed by atoms with Gasteiger partial charge in [-0.1, -0.05) is 66.2 Å². The van der Waals surface area contributed by atoms with Crippen molar-refractivity contribution in [1.29, 1.82) is 0 Å². The molecule has 5 aromatic rings. The molecule has 0 aliphatic rings. The summed E-state index contributed by atoms with van der Waals surface area (Å²) in [6.45, 7) is 2.04. The lowest BCUT2D eigenvalue weighted by molar-refractivity contribution is 0.0527. The number of fused-ring (bicyclic) bond motifs is 1. The highest BCUT2D eigenvalue weighted by atomic mass is 35.5. The number of phenolic OH excluding ortho intramolecular Hbond substituents is 1. The number of aromatic nitrogens is 1. The number of esters is 1. The topological polar surface area (TPSA) is 51.5 Å². The van der Waals surface area contributed by atoms with Crippen molar-refractivity contribution in [1.82, 2.24) is 4.57 Å². The fourth-order valence-electron chi connectivity index (χ4n) is 4.50. The molecule has 0 bridgehead atoms. The van der Waals surface area contributed by atoms with E-state index in [2.05, 4.69) is 28.8 Å². The highest BCUT2D eigenvalue weighted by Crippen LogP contribution is 2.35. The molecular weight excluding hydrogens is 458 g/mol. The van der Waals surface area contributed by atoms with Crippen LogP contribution in [0, 0.1) is 0 Å². The van der Waals surface area contributed by atoms with Crippen molar-refractivity contribution in [3.05, 3.63) is 119 Å². The van der Waals surface area contributed by atoms with Gasteiger partial charge in [0.1, 0.15) is 5.75 Å². The van der Waals surface area contributed by atoms with E-state index in [0.29, 0.717) is 22.4 Å². The van der Waals surface area contributed by atoms with Gasteiger partial charge >= 0.3 is 5.97 Å². The molecule has 1 N–H and O–H groups in total. The third-order valence-corrected chi connectivity index (χ3v) is 6.26. The van der Waals surface area contributed by atoms with Crippen molar-refractivity contribution in [3.63, 3.8) is 0 Å². The third kappa shape index (κ3) is 4.53. The number of halogens is 1. The van der Waals surface area contributed by atoms with Crippen LogP contribution in [0.4, 0.5) is 0 Å². The van der Waals surface area contributed by atoms with Gasteiger partial charge in [-0.2, -0.15) is 0 Å². The van der Waals surface area contributed by atoms with Gasteiger partial charge in [0.15, 0.2) is 0 Å². The summed E-state index contributed by atoms with van der Waals surface area (Å²) in [6, 6.07) is 31.1. The average Bonchev–Trinajstić information content (AvgIpc) is 3.17. The minimum Gasteiger partial charge on any atom is -0.508 e. The Kier molecular flexibility index (Phi) is 6.30. The van der Waals surface area contributed by atoms with E-state index in [-0.39, 0.29) is 12.4 Å². The first-order valence-electron chi connectivity index (χ1n) is 11.5. The fraction of sp³-hybridized carbons (Fsp3) is 0.100. The van der Waals surface area contributed by atoms with E-state index in [1.165, 1.54) is 0 Å². The second kappa shape index (κ2) is 9.69. The van der Waals surface area contributed by atoms with Gasteiger partial charge in [-0.25, -0.2) is 4.79 Å². The molecule has 0 radical (unpaired) electrons. The van der Waals surface area contributed by atoms with Gasteiger partial charge in [-0.3, -0.25) is 0 Å². The molecule has 4 aromatic carbocycles. The van der Waals surface area contributed by atoms with Gasteiger partial charge in [0.25, 0.3) is 0 Å².